The van der Waals surface area contributed by atoms with Crippen LogP contribution in [0.3, 0.4) is 0 Å². The summed E-state index contributed by atoms with van der Waals surface area (Å²) in [4.78, 5) is 0. The van der Waals surface area contributed by atoms with Crippen molar-refractivity contribution in [3.8, 4) is 11.5 Å². The Balaban J connectivity index is 2.32. The van der Waals surface area contributed by atoms with Crippen LogP contribution in [0.15, 0.2) is 40.9 Å². The lowest BCUT2D eigenvalue weighted by Crippen LogP contribution is -1.99. The fraction of sp³-hybridized carbons (Fsp3) is 0.143. The molecule has 0 radical (unpaired) electrons. The Morgan fingerprint density at radius 2 is 1.58 bits per heavy atom. The van der Waals surface area contributed by atoms with Crippen LogP contribution in [0.1, 0.15) is 0 Å². The molecule has 0 aliphatic rings. The zero-order valence-electron chi connectivity index (χ0n) is 10.7. The second kappa shape index (κ2) is 5.84. The molecule has 0 unspecified atom stereocenters. The van der Waals surface area contributed by atoms with Gasteiger partial charge in [-0.25, -0.2) is 0 Å². The molecule has 0 heterocycles. The Morgan fingerprint density at radius 1 is 1.00 bits per heavy atom. The highest BCUT2D eigenvalue weighted by Crippen LogP contribution is 2.36. The van der Waals surface area contributed by atoms with Gasteiger partial charge in [0.05, 0.1) is 25.6 Å². The minimum absolute atomic E-state index is 0.598. The number of anilines is 3. The van der Waals surface area contributed by atoms with E-state index in [1.54, 1.807) is 20.3 Å². The molecule has 2 aromatic carbocycles. The lowest BCUT2D eigenvalue weighted by molar-refractivity contribution is 0.355. The summed E-state index contributed by atoms with van der Waals surface area (Å²) in [6, 6.07) is 11.4. The highest BCUT2D eigenvalue weighted by molar-refractivity contribution is 9.10. The fourth-order valence-corrected chi connectivity index (χ4v) is 1.96. The van der Waals surface area contributed by atoms with Crippen molar-refractivity contribution in [2.24, 2.45) is 0 Å². The van der Waals surface area contributed by atoms with Crippen LogP contribution in [0, 0.1) is 0 Å². The fourth-order valence-electron chi connectivity index (χ4n) is 1.69. The van der Waals surface area contributed by atoms with Crippen molar-refractivity contribution in [1.82, 2.24) is 0 Å². The van der Waals surface area contributed by atoms with Gasteiger partial charge < -0.3 is 20.5 Å². The Morgan fingerprint density at radius 3 is 2.16 bits per heavy atom. The lowest BCUT2D eigenvalue weighted by atomic mass is 10.2. The monoisotopic (exact) mass is 322 g/mol. The van der Waals surface area contributed by atoms with Crippen LogP contribution in [-0.2, 0) is 0 Å². The first-order valence-electron chi connectivity index (χ1n) is 5.68. The molecule has 19 heavy (non-hydrogen) atoms. The maximum absolute atomic E-state index is 5.99. The molecular weight excluding hydrogens is 308 g/mol. The van der Waals surface area contributed by atoms with E-state index in [0.717, 1.165) is 15.8 Å². The van der Waals surface area contributed by atoms with Gasteiger partial charge in [-0.1, -0.05) is 15.9 Å². The predicted molar refractivity (Wildman–Crippen MR) is 81.4 cm³/mol. The Bertz CT molecular complexity index is 570. The highest BCUT2D eigenvalue weighted by atomic mass is 79.9. The van der Waals surface area contributed by atoms with E-state index in [0.29, 0.717) is 17.2 Å². The molecule has 4 nitrogen and oxygen atoms in total. The van der Waals surface area contributed by atoms with Gasteiger partial charge >= 0.3 is 0 Å². The van der Waals surface area contributed by atoms with Gasteiger partial charge in [0.25, 0.3) is 0 Å². The van der Waals surface area contributed by atoms with E-state index in [9.17, 15) is 0 Å². The van der Waals surface area contributed by atoms with Crippen molar-refractivity contribution in [1.29, 1.82) is 0 Å². The van der Waals surface area contributed by atoms with E-state index in [1.165, 1.54) is 0 Å². The summed E-state index contributed by atoms with van der Waals surface area (Å²) in [6.45, 7) is 0. The third-order valence-corrected chi connectivity index (χ3v) is 3.21. The van der Waals surface area contributed by atoms with Gasteiger partial charge in [-0.15, -0.1) is 0 Å². The molecule has 0 aromatic heterocycles. The molecular formula is C14H15BrN2O2. The average molecular weight is 323 g/mol. The summed E-state index contributed by atoms with van der Waals surface area (Å²) < 4.78 is 11.5. The molecule has 2 aromatic rings. The van der Waals surface area contributed by atoms with Gasteiger partial charge in [0.1, 0.15) is 0 Å². The zero-order valence-corrected chi connectivity index (χ0v) is 12.3. The van der Waals surface area contributed by atoms with E-state index >= 15 is 0 Å². The minimum Gasteiger partial charge on any atom is -0.493 e. The van der Waals surface area contributed by atoms with Crippen molar-refractivity contribution >= 4 is 33.0 Å². The van der Waals surface area contributed by atoms with E-state index in [1.807, 2.05) is 30.3 Å². The summed E-state index contributed by atoms with van der Waals surface area (Å²) >= 11 is 3.40. The van der Waals surface area contributed by atoms with Gasteiger partial charge in [-0.05, 0) is 24.3 Å². The molecule has 2 rings (SSSR count). The number of nitrogens with one attached hydrogen (secondary N) is 1. The van der Waals surface area contributed by atoms with Gasteiger partial charge in [0, 0.05) is 22.3 Å². The molecule has 0 saturated heterocycles. The van der Waals surface area contributed by atoms with Crippen LogP contribution in [0.5, 0.6) is 11.5 Å². The highest BCUT2D eigenvalue weighted by Gasteiger charge is 2.09. The molecule has 0 saturated carbocycles. The smallest absolute Gasteiger partial charge is 0.162 e. The van der Waals surface area contributed by atoms with Crippen molar-refractivity contribution in [2.45, 2.75) is 0 Å². The Hall–Kier alpha value is -1.88. The molecule has 3 N–H and O–H groups in total. The van der Waals surface area contributed by atoms with Crippen LogP contribution in [0.4, 0.5) is 17.1 Å². The molecule has 100 valence electrons. The normalized spacial score (nSPS) is 10.1. The van der Waals surface area contributed by atoms with Crippen LogP contribution in [-0.4, -0.2) is 14.2 Å². The Labute approximate surface area is 120 Å². The molecule has 0 amide bonds. The zero-order chi connectivity index (χ0) is 13.8. The third-order valence-electron chi connectivity index (χ3n) is 2.68. The van der Waals surface area contributed by atoms with E-state index in [-0.39, 0.29) is 0 Å². The molecule has 0 spiro atoms. The first-order chi connectivity index (χ1) is 9.13. The first-order valence-corrected chi connectivity index (χ1v) is 6.47. The van der Waals surface area contributed by atoms with Crippen LogP contribution < -0.4 is 20.5 Å². The summed E-state index contributed by atoms with van der Waals surface area (Å²) in [5.41, 5.74) is 8.31. The van der Waals surface area contributed by atoms with Crippen molar-refractivity contribution < 1.29 is 9.47 Å². The van der Waals surface area contributed by atoms with Gasteiger partial charge in [0.15, 0.2) is 11.5 Å². The summed E-state index contributed by atoms with van der Waals surface area (Å²) in [5.74, 6) is 1.25. The number of hydrogen-bond donors (Lipinski definition) is 2. The number of nitrogen functional groups attached to an aromatic ring is 1. The van der Waals surface area contributed by atoms with Crippen LogP contribution in [0.25, 0.3) is 0 Å². The third kappa shape index (κ3) is 3.12. The number of methoxy groups -OCH3 is 2. The number of ether oxygens (including phenoxy) is 2. The molecule has 0 aliphatic heterocycles. The number of hydrogen-bond acceptors (Lipinski definition) is 4. The quantitative estimate of drug-likeness (QED) is 0.841. The van der Waals surface area contributed by atoms with Gasteiger partial charge in [-0.2, -0.15) is 0 Å². The first kappa shape index (κ1) is 13.5. The number of halogens is 1. The van der Waals surface area contributed by atoms with Crippen molar-refractivity contribution in [3.63, 3.8) is 0 Å². The molecule has 0 fully saturated rings. The maximum Gasteiger partial charge on any atom is 0.162 e. The van der Waals surface area contributed by atoms with Gasteiger partial charge in [-0.3, -0.25) is 0 Å². The number of nitrogens with two attached hydrogens (primary N) is 1. The van der Waals surface area contributed by atoms with Crippen molar-refractivity contribution in [3.05, 3.63) is 40.9 Å². The number of rotatable bonds is 4. The van der Waals surface area contributed by atoms with E-state index in [2.05, 4.69) is 21.2 Å². The topological polar surface area (TPSA) is 56.5 Å². The lowest BCUT2D eigenvalue weighted by Gasteiger charge is -2.14. The van der Waals surface area contributed by atoms with Gasteiger partial charge in [0.2, 0.25) is 0 Å². The molecule has 0 atom stereocenters. The minimum atomic E-state index is 0.598. The standard InChI is InChI=1S/C14H15BrN2O2/c1-18-13-7-11(16)12(8-14(13)19-2)17-10-5-3-9(15)4-6-10/h3-8,17H,16H2,1-2H3. The Kier molecular flexibility index (Phi) is 4.16. The average Bonchev–Trinajstić information content (AvgIpc) is 2.43. The predicted octanol–water partition coefficient (Wildman–Crippen LogP) is 3.79. The summed E-state index contributed by atoms with van der Waals surface area (Å²) in [6.07, 6.45) is 0. The second-order valence-corrected chi connectivity index (χ2v) is 4.84. The molecule has 5 heteroatoms. The van der Waals surface area contributed by atoms with Crippen molar-refractivity contribution in [2.75, 3.05) is 25.3 Å². The largest absolute Gasteiger partial charge is 0.493 e. The van der Waals surface area contributed by atoms with Crippen LogP contribution in [0.2, 0.25) is 0 Å². The second-order valence-electron chi connectivity index (χ2n) is 3.93. The van der Waals surface area contributed by atoms with E-state index in [4.69, 9.17) is 15.2 Å². The van der Waals surface area contributed by atoms with Crippen LogP contribution >= 0.6 is 15.9 Å². The molecule has 0 bridgehead atoms. The SMILES string of the molecule is COc1cc(N)c(Nc2ccc(Br)cc2)cc1OC. The summed E-state index contributed by atoms with van der Waals surface area (Å²) in [7, 11) is 3.18. The number of benzene rings is 2. The molecule has 0 aliphatic carbocycles. The maximum atomic E-state index is 5.99. The summed E-state index contributed by atoms with van der Waals surface area (Å²) in [5, 5.41) is 3.24. The van der Waals surface area contributed by atoms with E-state index < -0.39 is 0 Å².